The van der Waals surface area contributed by atoms with Crippen molar-refractivity contribution in [1.82, 2.24) is 15.0 Å². The van der Waals surface area contributed by atoms with Crippen LogP contribution in [0.4, 0.5) is 57.4 Å². The third-order valence-corrected chi connectivity index (χ3v) is 15.2. The Morgan fingerprint density at radius 3 is 1.39 bits per heavy atom. The highest BCUT2D eigenvalue weighted by molar-refractivity contribution is 7.98. The molecule has 0 radical (unpaired) electrons. The van der Waals surface area contributed by atoms with E-state index in [9.17, 15) is 38.9 Å². The van der Waals surface area contributed by atoms with E-state index in [1.165, 1.54) is 30.3 Å². The van der Waals surface area contributed by atoms with Gasteiger partial charge in [0.1, 0.15) is 32.5 Å². The van der Waals surface area contributed by atoms with Crippen LogP contribution in [0.1, 0.15) is 33.3 Å². The number of thioether (sulfide) groups is 1. The van der Waals surface area contributed by atoms with E-state index in [0.717, 1.165) is 23.1 Å². The van der Waals surface area contributed by atoms with Crippen molar-refractivity contribution in [3.63, 3.8) is 0 Å². The number of nitrogens with zero attached hydrogens (tertiary/aromatic N) is 9. The molecule has 0 saturated heterocycles. The Labute approximate surface area is 432 Å². The molecular formula is C50H49N11O9S4. The van der Waals surface area contributed by atoms with Crippen LogP contribution < -0.4 is 20.4 Å². The molecule has 8 aromatic rings. The lowest BCUT2D eigenvalue weighted by molar-refractivity contribution is 0.481. The van der Waals surface area contributed by atoms with Gasteiger partial charge in [0.15, 0.2) is 5.16 Å². The minimum absolute atomic E-state index is 0.00903. The molecular weight excluding hydrogens is 1030 g/mol. The van der Waals surface area contributed by atoms with Crippen molar-refractivity contribution >= 4 is 121 Å². The fourth-order valence-electron chi connectivity index (χ4n) is 8.01. The summed E-state index contributed by atoms with van der Waals surface area (Å²) in [5.74, 6) is 0.123. The molecule has 20 nitrogen and oxygen atoms in total. The van der Waals surface area contributed by atoms with Crippen molar-refractivity contribution in [3.8, 4) is 0 Å². The van der Waals surface area contributed by atoms with Gasteiger partial charge in [-0.25, -0.2) is 0 Å². The molecule has 0 unspecified atom stereocenters. The highest BCUT2D eigenvalue weighted by Gasteiger charge is 2.22. The maximum Gasteiger partial charge on any atom is 0.296 e. The van der Waals surface area contributed by atoms with Gasteiger partial charge in [-0.2, -0.15) is 40.2 Å². The molecule has 1 aromatic heterocycles. The lowest BCUT2D eigenvalue weighted by Gasteiger charge is -2.22. The SMILES string of the molecule is CCN(CC)c1ccc(/N=N/c2c(S(=O)(=O)O)ccc3ccccc23)c(Nc2nc(Nc3cc(N(CC)CC)ccc3/N=N/c3c(S(=O)(=O)O)ccc4ccccc34)nc(SCc3cccc(S(=O)(=O)O)c3)n2)c1. The summed E-state index contributed by atoms with van der Waals surface area (Å²) in [6, 6.07) is 36.0. The second-order valence-electron chi connectivity index (χ2n) is 16.3. The van der Waals surface area contributed by atoms with E-state index in [1.807, 2.05) is 39.8 Å². The summed E-state index contributed by atoms with van der Waals surface area (Å²) in [5, 5.41) is 26.8. The zero-order chi connectivity index (χ0) is 52.8. The molecule has 382 valence electrons. The Morgan fingerprint density at radius 1 is 0.500 bits per heavy atom. The van der Waals surface area contributed by atoms with E-state index < -0.39 is 40.1 Å². The Morgan fingerprint density at radius 2 is 0.959 bits per heavy atom. The molecule has 0 amide bonds. The first kappa shape index (κ1) is 52.9. The van der Waals surface area contributed by atoms with E-state index in [0.29, 0.717) is 64.7 Å². The molecule has 8 rings (SSSR count). The second kappa shape index (κ2) is 22.3. The van der Waals surface area contributed by atoms with Crippen LogP contribution in [0.15, 0.2) is 174 Å². The van der Waals surface area contributed by atoms with Crippen molar-refractivity contribution in [2.24, 2.45) is 20.5 Å². The van der Waals surface area contributed by atoms with Crippen LogP contribution in [0.3, 0.4) is 0 Å². The zero-order valence-electron chi connectivity index (χ0n) is 40.2. The fraction of sp³-hybridized carbons (Fsp3) is 0.180. The first-order valence-corrected chi connectivity index (χ1v) is 28.3. The minimum atomic E-state index is -4.74. The Balaban J connectivity index is 1.26. The van der Waals surface area contributed by atoms with Gasteiger partial charge < -0.3 is 20.4 Å². The van der Waals surface area contributed by atoms with Crippen LogP contribution >= 0.6 is 11.8 Å². The smallest absolute Gasteiger partial charge is 0.296 e. The van der Waals surface area contributed by atoms with Gasteiger partial charge in [0, 0.05) is 54.1 Å². The van der Waals surface area contributed by atoms with Crippen LogP contribution in [0.2, 0.25) is 0 Å². The molecule has 24 heteroatoms. The number of anilines is 6. The van der Waals surface area contributed by atoms with Crippen LogP contribution in [0.5, 0.6) is 0 Å². The van der Waals surface area contributed by atoms with Crippen molar-refractivity contribution in [3.05, 3.63) is 139 Å². The normalized spacial score (nSPS) is 12.3. The van der Waals surface area contributed by atoms with Crippen LogP contribution in [-0.4, -0.2) is 80.0 Å². The first-order chi connectivity index (χ1) is 35.4. The summed E-state index contributed by atoms with van der Waals surface area (Å²) in [6.45, 7) is 10.6. The Kier molecular flexibility index (Phi) is 16.0. The molecule has 5 N–H and O–H groups in total. The molecule has 0 aliphatic rings. The van der Waals surface area contributed by atoms with Gasteiger partial charge in [0.2, 0.25) is 11.9 Å². The molecule has 0 aliphatic heterocycles. The summed E-state index contributed by atoms with van der Waals surface area (Å²) in [7, 11) is -14.0. The number of nitrogens with one attached hydrogen (secondary N) is 2. The van der Waals surface area contributed by atoms with Gasteiger partial charge in [-0.05, 0) is 105 Å². The van der Waals surface area contributed by atoms with Gasteiger partial charge in [-0.15, -0.1) is 20.5 Å². The summed E-state index contributed by atoms with van der Waals surface area (Å²) in [4.78, 5) is 17.3. The summed E-state index contributed by atoms with van der Waals surface area (Å²) in [5.41, 5.74) is 3.06. The van der Waals surface area contributed by atoms with Gasteiger partial charge in [0.05, 0.1) is 16.3 Å². The van der Waals surface area contributed by atoms with Gasteiger partial charge in [-0.1, -0.05) is 84.6 Å². The largest absolute Gasteiger partial charge is 0.372 e. The molecule has 0 atom stereocenters. The van der Waals surface area contributed by atoms with E-state index in [1.54, 1.807) is 91.0 Å². The summed E-state index contributed by atoms with van der Waals surface area (Å²) < 4.78 is 105. The lowest BCUT2D eigenvalue weighted by atomic mass is 10.1. The quantitative estimate of drug-likeness (QED) is 0.0269. The molecule has 0 spiro atoms. The number of aromatic nitrogens is 3. The van der Waals surface area contributed by atoms with Gasteiger partial charge in [0.25, 0.3) is 30.4 Å². The van der Waals surface area contributed by atoms with Crippen molar-refractivity contribution in [2.75, 3.05) is 46.6 Å². The number of azo groups is 2. The van der Waals surface area contributed by atoms with E-state index in [2.05, 4.69) is 40.9 Å². The van der Waals surface area contributed by atoms with Crippen molar-refractivity contribution in [1.29, 1.82) is 0 Å². The Hall–Kier alpha value is -7.45. The zero-order valence-corrected chi connectivity index (χ0v) is 43.5. The van der Waals surface area contributed by atoms with Gasteiger partial charge in [-0.3, -0.25) is 13.7 Å². The monoisotopic (exact) mass is 1080 g/mol. The second-order valence-corrected chi connectivity index (χ2v) is 21.4. The van der Waals surface area contributed by atoms with Gasteiger partial charge >= 0.3 is 0 Å². The molecule has 74 heavy (non-hydrogen) atoms. The number of rotatable bonds is 20. The standard InChI is InChI=1S/C50H49N11O9S4/c1-5-60(6-2)35-22-24-40(56-58-46-38-18-11-9-15-33(38)20-26-44(46)73(65,66)67)42(29-35)51-48-53-49(55-50(54-48)71-31-32-14-13-17-37(28-32)72(62,63)64)52-43-30-36(61(7-3)8-4)23-25-41(43)57-59-47-39-19-12-10-16-34(39)21-27-45(47)74(68,69)70/h9-30H,5-8,31H2,1-4H3,(H,62,63,64)(H,65,66,67)(H,68,69,70)(H2,51,52,53,54,55)/b58-56+,59-57+. The van der Waals surface area contributed by atoms with E-state index in [4.69, 9.17) is 15.0 Å². The lowest BCUT2D eigenvalue weighted by Crippen LogP contribution is -2.21. The molecule has 1 heterocycles. The van der Waals surface area contributed by atoms with E-state index >= 15 is 0 Å². The minimum Gasteiger partial charge on any atom is -0.372 e. The summed E-state index contributed by atoms with van der Waals surface area (Å²) in [6.07, 6.45) is 0. The average molecular weight is 1080 g/mol. The van der Waals surface area contributed by atoms with Crippen LogP contribution in [0, 0.1) is 0 Å². The van der Waals surface area contributed by atoms with E-state index in [-0.39, 0.29) is 50.5 Å². The molecule has 0 aliphatic carbocycles. The summed E-state index contributed by atoms with van der Waals surface area (Å²) >= 11 is 1.13. The average Bonchev–Trinajstić information content (AvgIpc) is 3.37. The van der Waals surface area contributed by atoms with Crippen molar-refractivity contribution in [2.45, 2.75) is 53.3 Å². The number of fused-ring (bicyclic) bond motifs is 2. The molecule has 0 fully saturated rings. The highest BCUT2D eigenvalue weighted by atomic mass is 32.2. The number of hydrogen-bond donors (Lipinski definition) is 5. The number of hydrogen-bond acceptors (Lipinski definition) is 18. The molecule has 0 saturated carbocycles. The van der Waals surface area contributed by atoms with Crippen LogP contribution in [0.25, 0.3) is 21.5 Å². The third kappa shape index (κ3) is 12.3. The highest BCUT2D eigenvalue weighted by Crippen LogP contribution is 2.40. The predicted molar refractivity (Wildman–Crippen MR) is 288 cm³/mol. The number of benzene rings is 7. The molecule has 7 aromatic carbocycles. The maximum absolute atomic E-state index is 12.6. The maximum atomic E-state index is 12.6. The predicted octanol–water partition coefficient (Wildman–Crippen LogP) is 12.2. The topological polar surface area (TPSA) is 282 Å². The fourth-order valence-corrected chi connectivity index (χ4v) is 10.6. The van der Waals surface area contributed by atoms with Crippen LogP contribution in [-0.2, 0) is 36.1 Å². The Bertz CT molecular complexity index is 3610. The van der Waals surface area contributed by atoms with Crippen molar-refractivity contribution < 1.29 is 38.9 Å². The third-order valence-electron chi connectivity index (χ3n) is 11.7. The molecule has 0 bridgehead atoms. The first-order valence-electron chi connectivity index (χ1n) is 23.0.